The molecule has 0 radical (unpaired) electrons. The van der Waals surface area contributed by atoms with E-state index < -0.39 is 47.4 Å². The van der Waals surface area contributed by atoms with E-state index in [9.17, 15) is 27.5 Å². The normalized spacial score (nSPS) is 18.4. The second-order valence-electron chi connectivity index (χ2n) is 9.47. The van der Waals surface area contributed by atoms with Gasteiger partial charge in [0.05, 0.1) is 21.2 Å². The Labute approximate surface area is 242 Å². The zero-order chi connectivity index (χ0) is 29.1. The maximum absolute atomic E-state index is 14.2. The average molecular weight is 614 g/mol. The van der Waals surface area contributed by atoms with Crippen molar-refractivity contribution < 1.29 is 32.3 Å². The van der Waals surface area contributed by atoms with Crippen molar-refractivity contribution in [1.82, 2.24) is 0 Å². The van der Waals surface area contributed by atoms with Crippen molar-refractivity contribution in [3.05, 3.63) is 103 Å². The maximum atomic E-state index is 14.2. The number of Topliss-reactive ketones (excluding diaryl/α,β-unsaturated/α-hetero) is 1. The minimum Gasteiger partial charge on any atom is -0.511 e. The SMILES string of the molecule is CCCCC(=NOCc1ccc(Cl)s1)C1=C(O)CC(c2ccc(F)cc2Cl)(c2ccccc2C(F)(F)F)CC1=O. The minimum absolute atomic E-state index is 0.0866. The van der Waals surface area contributed by atoms with Gasteiger partial charge >= 0.3 is 6.18 Å². The number of benzene rings is 2. The molecule has 0 aliphatic heterocycles. The molecule has 0 amide bonds. The number of alkyl halides is 3. The highest BCUT2D eigenvalue weighted by Gasteiger charge is 2.49. The second kappa shape index (κ2) is 12.3. The topological polar surface area (TPSA) is 58.9 Å². The smallest absolute Gasteiger partial charge is 0.416 e. The fourth-order valence-corrected chi connectivity index (χ4v) is 6.35. The van der Waals surface area contributed by atoms with E-state index in [2.05, 4.69) is 5.16 Å². The fourth-order valence-electron chi connectivity index (χ4n) is 5.00. The maximum Gasteiger partial charge on any atom is 0.416 e. The van der Waals surface area contributed by atoms with Crippen LogP contribution in [0.3, 0.4) is 0 Å². The Morgan fingerprint density at radius 2 is 1.85 bits per heavy atom. The van der Waals surface area contributed by atoms with Crippen molar-refractivity contribution in [2.75, 3.05) is 0 Å². The summed E-state index contributed by atoms with van der Waals surface area (Å²) in [4.78, 5) is 20.1. The molecule has 40 heavy (non-hydrogen) atoms. The monoisotopic (exact) mass is 613 g/mol. The van der Waals surface area contributed by atoms with Crippen LogP contribution in [0.2, 0.25) is 9.36 Å². The van der Waals surface area contributed by atoms with Crippen molar-refractivity contribution in [3.63, 3.8) is 0 Å². The van der Waals surface area contributed by atoms with Crippen LogP contribution in [-0.2, 0) is 27.8 Å². The number of aliphatic hydroxyl groups is 1. The summed E-state index contributed by atoms with van der Waals surface area (Å²) in [6, 6.07) is 11.6. The van der Waals surface area contributed by atoms with Gasteiger partial charge in [-0.15, -0.1) is 11.3 Å². The van der Waals surface area contributed by atoms with Gasteiger partial charge in [0.15, 0.2) is 12.4 Å². The second-order valence-corrected chi connectivity index (χ2v) is 11.7. The van der Waals surface area contributed by atoms with Crippen molar-refractivity contribution in [2.24, 2.45) is 5.16 Å². The Morgan fingerprint density at radius 3 is 2.48 bits per heavy atom. The molecule has 2 aromatic carbocycles. The molecule has 0 saturated heterocycles. The summed E-state index contributed by atoms with van der Waals surface area (Å²) in [5.74, 6) is -1.75. The number of carbonyl (C=O) groups excluding carboxylic acids is 1. The number of aliphatic hydroxyl groups excluding tert-OH is 1. The lowest BCUT2D eigenvalue weighted by Crippen LogP contribution is -2.39. The van der Waals surface area contributed by atoms with Gasteiger partial charge in [-0.2, -0.15) is 13.2 Å². The lowest BCUT2D eigenvalue weighted by atomic mass is 9.63. The first kappa shape index (κ1) is 30.1. The Balaban J connectivity index is 1.83. The van der Waals surface area contributed by atoms with Crippen LogP contribution in [-0.4, -0.2) is 16.6 Å². The molecule has 0 saturated carbocycles. The highest BCUT2D eigenvalue weighted by atomic mass is 35.5. The minimum atomic E-state index is -4.76. The third-order valence-electron chi connectivity index (χ3n) is 6.76. The molecule has 1 aromatic heterocycles. The molecule has 1 aliphatic rings. The molecule has 1 unspecified atom stereocenters. The third kappa shape index (κ3) is 6.37. The van der Waals surface area contributed by atoms with E-state index in [0.717, 1.165) is 29.5 Å². The molecule has 3 aromatic rings. The number of unbranched alkanes of at least 4 members (excludes halogenated alkanes) is 1. The Kier molecular flexibility index (Phi) is 9.27. The predicted molar refractivity (Wildman–Crippen MR) is 149 cm³/mol. The summed E-state index contributed by atoms with van der Waals surface area (Å²) in [6.45, 7) is 2.03. The van der Waals surface area contributed by atoms with E-state index in [1.54, 1.807) is 12.1 Å². The molecule has 0 fully saturated rings. The van der Waals surface area contributed by atoms with Crippen LogP contribution in [0.4, 0.5) is 17.6 Å². The van der Waals surface area contributed by atoms with Crippen LogP contribution in [0, 0.1) is 5.82 Å². The third-order valence-corrected chi connectivity index (χ3v) is 8.28. The van der Waals surface area contributed by atoms with E-state index in [-0.39, 0.29) is 34.0 Å². The summed E-state index contributed by atoms with van der Waals surface area (Å²) in [6.07, 6.45) is -3.92. The van der Waals surface area contributed by atoms with Gasteiger partial charge in [-0.05, 0) is 54.3 Å². The van der Waals surface area contributed by atoms with Gasteiger partial charge < -0.3 is 9.94 Å². The first-order valence-electron chi connectivity index (χ1n) is 12.5. The number of ketones is 1. The Morgan fingerprint density at radius 1 is 1.10 bits per heavy atom. The van der Waals surface area contributed by atoms with Crippen LogP contribution in [0.25, 0.3) is 0 Å². The molecule has 11 heteroatoms. The van der Waals surface area contributed by atoms with Crippen LogP contribution in [0.1, 0.15) is 60.6 Å². The lowest BCUT2D eigenvalue weighted by molar-refractivity contribution is -0.139. The Hall–Kier alpha value is -2.88. The van der Waals surface area contributed by atoms with Crippen molar-refractivity contribution in [3.8, 4) is 0 Å². The molecule has 4 rings (SSSR count). The summed E-state index contributed by atoms with van der Waals surface area (Å²) >= 11 is 13.6. The quantitative estimate of drug-likeness (QED) is 0.148. The number of hydrogen-bond acceptors (Lipinski definition) is 5. The number of carbonyl (C=O) groups is 1. The predicted octanol–water partition coefficient (Wildman–Crippen LogP) is 9.44. The van der Waals surface area contributed by atoms with Gasteiger partial charge in [0.2, 0.25) is 0 Å². The van der Waals surface area contributed by atoms with Gasteiger partial charge in [0, 0.05) is 28.2 Å². The standard InChI is InChI=1S/C29H25Cl2F4NO3S/c1-2-3-8-23(36-39-16-18-10-12-26(31)40-18)27-24(37)14-28(15-25(27)38,21-11-9-17(32)13-22(21)30)19-6-4-5-7-20(19)29(33,34)35/h4-7,9-13,37H,2-3,8,14-16H2,1H3. The van der Waals surface area contributed by atoms with Crippen molar-refractivity contribution in [1.29, 1.82) is 0 Å². The van der Waals surface area contributed by atoms with E-state index in [0.29, 0.717) is 17.2 Å². The summed E-state index contributed by atoms with van der Waals surface area (Å²) < 4.78 is 57.1. The number of rotatable bonds is 9. The number of halogens is 6. The lowest BCUT2D eigenvalue weighted by Gasteiger charge is -2.40. The van der Waals surface area contributed by atoms with Gasteiger partial charge in [0.25, 0.3) is 0 Å². The molecule has 0 spiro atoms. The molecular formula is C29H25Cl2F4NO3S. The largest absolute Gasteiger partial charge is 0.511 e. The van der Waals surface area contributed by atoms with Gasteiger partial charge in [0.1, 0.15) is 11.6 Å². The van der Waals surface area contributed by atoms with E-state index >= 15 is 0 Å². The number of nitrogens with zero attached hydrogens (tertiary/aromatic N) is 1. The van der Waals surface area contributed by atoms with E-state index in [1.807, 2.05) is 6.92 Å². The van der Waals surface area contributed by atoms with E-state index in [1.165, 1.54) is 35.6 Å². The van der Waals surface area contributed by atoms with Crippen LogP contribution < -0.4 is 0 Å². The fraction of sp³-hybridized carbons (Fsp3) is 0.310. The molecule has 4 nitrogen and oxygen atoms in total. The zero-order valence-corrected chi connectivity index (χ0v) is 23.7. The van der Waals surface area contributed by atoms with Crippen LogP contribution >= 0.6 is 34.5 Å². The first-order valence-corrected chi connectivity index (χ1v) is 14.0. The summed E-state index contributed by atoms with van der Waals surface area (Å²) in [7, 11) is 0. The highest BCUT2D eigenvalue weighted by molar-refractivity contribution is 7.16. The number of allylic oxidation sites excluding steroid dienone is 2. The molecule has 0 bridgehead atoms. The number of thiophene rings is 1. The first-order chi connectivity index (χ1) is 19.0. The summed E-state index contributed by atoms with van der Waals surface area (Å²) in [5, 5.41) is 15.3. The molecule has 1 N–H and O–H groups in total. The van der Waals surface area contributed by atoms with E-state index in [4.69, 9.17) is 28.0 Å². The highest BCUT2D eigenvalue weighted by Crippen LogP contribution is 2.51. The Bertz CT molecular complexity index is 1470. The molecule has 212 valence electrons. The van der Waals surface area contributed by atoms with Crippen molar-refractivity contribution in [2.45, 2.75) is 57.2 Å². The molecule has 1 atom stereocenters. The molecule has 1 heterocycles. The van der Waals surface area contributed by atoms with Gasteiger partial charge in [-0.25, -0.2) is 4.39 Å². The molecular weight excluding hydrogens is 589 g/mol. The average Bonchev–Trinajstić information content (AvgIpc) is 3.30. The van der Waals surface area contributed by atoms with Gasteiger partial charge in [-0.3, -0.25) is 4.79 Å². The van der Waals surface area contributed by atoms with Gasteiger partial charge in [-0.1, -0.05) is 66.0 Å². The molecule has 1 aliphatic carbocycles. The zero-order valence-electron chi connectivity index (χ0n) is 21.3. The number of hydrogen-bond donors (Lipinski definition) is 1. The van der Waals surface area contributed by atoms with Crippen LogP contribution in [0.15, 0.2) is 71.1 Å². The van der Waals surface area contributed by atoms with Crippen molar-refractivity contribution >= 4 is 46.0 Å². The number of oxime groups is 1. The van der Waals surface area contributed by atoms with Crippen LogP contribution in [0.5, 0.6) is 0 Å². The summed E-state index contributed by atoms with van der Waals surface area (Å²) in [5.41, 5.74) is -2.72.